The molecule has 5 rings (SSSR count). The minimum Gasteiger partial charge on any atom is -0.335 e. The van der Waals surface area contributed by atoms with Crippen LogP contribution in [0.4, 0.5) is 20.2 Å². The summed E-state index contributed by atoms with van der Waals surface area (Å²) in [4.78, 5) is 30.7. The number of amides is 2. The minimum absolute atomic E-state index is 0.0688. The summed E-state index contributed by atoms with van der Waals surface area (Å²) in [6, 6.07) is 18.8. The number of hydrogen-bond acceptors (Lipinski definition) is 3. The summed E-state index contributed by atoms with van der Waals surface area (Å²) in [5, 5.41) is 0. The van der Waals surface area contributed by atoms with E-state index in [9.17, 15) is 18.4 Å². The number of carbonyl (C=O) groups is 2. The monoisotopic (exact) mass is 459 g/mol. The minimum atomic E-state index is -0.678. The van der Waals surface area contributed by atoms with Gasteiger partial charge in [0.25, 0.3) is 5.91 Å². The SMILES string of the molecule is O=C1CN(C(=O)c2ccc(N3C=CCc4ccccc43)cc2)CCN1Cc1cc(F)cc(F)c1. The molecule has 0 aliphatic carbocycles. The van der Waals surface area contributed by atoms with E-state index in [1.54, 1.807) is 12.1 Å². The zero-order chi connectivity index (χ0) is 23.7. The van der Waals surface area contributed by atoms with E-state index in [2.05, 4.69) is 23.1 Å². The number of hydrogen-bond donors (Lipinski definition) is 0. The molecule has 1 fully saturated rings. The Labute approximate surface area is 196 Å². The number of anilines is 2. The number of halogens is 2. The molecule has 7 heteroatoms. The molecule has 34 heavy (non-hydrogen) atoms. The molecule has 0 bridgehead atoms. The van der Waals surface area contributed by atoms with E-state index < -0.39 is 11.6 Å². The molecule has 0 aromatic heterocycles. The Balaban J connectivity index is 1.24. The van der Waals surface area contributed by atoms with E-state index in [4.69, 9.17) is 0 Å². The first-order valence-corrected chi connectivity index (χ1v) is 11.1. The summed E-state index contributed by atoms with van der Waals surface area (Å²) in [7, 11) is 0. The van der Waals surface area contributed by atoms with Crippen molar-refractivity contribution >= 4 is 23.2 Å². The molecule has 2 amide bonds. The van der Waals surface area contributed by atoms with E-state index in [1.165, 1.54) is 27.5 Å². The van der Waals surface area contributed by atoms with Crippen LogP contribution in [0.15, 0.2) is 79.0 Å². The van der Waals surface area contributed by atoms with Crippen LogP contribution in [-0.2, 0) is 17.8 Å². The molecular formula is C27H23F2N3O2. The molecule has 3 aromatic carbocycles. The highest BCUT2D eigenvalue weighted by molar-refractivity contribution is 5.97. The number of nitrogens with zero attached hydrogens (tertiary/aromatic N) is 3. The van der Waals surface area contributed by atoms with Crippen LogP contribution in [0.2, 0.25) is 0 Å². The number of para-hydroxylation sites is 1. The lowest BCUT2D eigenvalue weighted by Crippen LogP contribution is -2.51. The van der Waals surface area contributed by atoms with Gasteiger partial charge in [0, 0.05) is 48.8 Å². The summed E-state index contributed by atoms with van der Waals surface area (Å²) in [5.74, 6) is -1.83. The molecule has 0 saturated carbocycles. The molecule has 0 N–H and O–H groups in total. The van der Waals surface area contributed by atoms with Crippen molar-refractivity contribution in [3.8, 4) is 0 Å². The lowest BCUT2D eigenvalue weighted by atomic mass is 10.0. The smallest absolute Gasteiger partial charge is 0.254 e. The third-order valence-corrected chi connectivity index (χ3v) is 6.14. The van der Waals surface area contributed by atoms with Gasteiger partial charge in [-0.25, -0.2) is 8.78 Å². The highest BCUT2D eigenvalue weighted by Gasteiger charge is 2.28. The van der Waals surface area contributed by atoms with Crippen molar-refractivity contribution in [2.75, 3.05) is 24.5 Å². The van der Waals surface area contributed by atoms with Crippen molar-refractivity contribution in [3.05, 3.63) is 107 Å². The number of piperazine rings is 1. The predicted octanol–water partition coefficient (Wildman–Crippen LogP) is 4.66. The highest BCUT2D eigenvalue weighted by atomic mass is 19.1. The number of benzene rings is 3. The Morgan fingerprint density at radius 2 is 1.65 bits per heavy atom. The van der Waals surface area contributed by atoms with Gasteiger partial charge in [-0.3, -0.25) is 9.59 Å². The summed E-state index contributed by atoms with van der Waals surface area (Å²) in [6.07, 6.45) is 5.02. The number of allylic oxidation sites excluding steroid dienone is 1. The first-order valence-electron chi connectivity index (χ1n) is 11.1. The molecule has 0 unspecified atom stereocenters. The Morgan fingerprint density at radius 1 is 0.912 bits per heavy atom. The van der Waals surface area contributed by atoms with Crippen LogP contribution in [0.3, 0.4) is 0 Å². The van der Waals surface area contributed by atoms with E-state index in [-0.39, 0.29) is 24.9 Å². The average Bonchev–Trinajstić information content (AvgIpc) is 2.84. The Hall–Kier alpha value is -4.00. The van der Waals surface area contributed by atoms with Crippen molar-refractivity contribution in [2.24, 2.45) is 0 Å². The molecule has 1 saturated heterocycles. The molecular weight excluding hydrogens is 436 g/mol. The number of fused-ring (bicyclic) bond motifs is 1. The maximum atomic E-state index is 13.5. The largest absolute Gasteiger partial charge is 0.335 e. The van der Waals surface area contributed by atoms with Gasteiger partial charge in [0.1, 0.15) is 18.2 Å². The molecule has 2 aliphatic rings. The number of carbonyl (C=O) groups excluding carboxylic acids is 2. The van der Waals surface area contributed by atoms with Gasteiger partial charge in [0.05, 0.1) is 0 Å². The van der Waals surface area contributed by atoms with E-state index in [0.29, 0.717) is 24.2 Å². The Kier molecular flexibility index (Phi) is 5.84. The molecule has 2 heterocycles. The fraction of sp³-hybridized carbons (Fsp3) is 0.185. The summed E-state index contributed by atoms with van der Waals surface area (Å²) in [5.41, 5.74) is 4.19. The topological polar surface area (TPSA) is 43.9 Å². The van der Waals surface area contributed by atoms with Crippen LogP contribution in [0.25, 0.3) is 0 Å². The zero-order valence-corrected chi connectivity index (χ0v) is 18.5. The highest BCUT2D eigenvalue weighted by Crippen LogP contribution is 2.32. The van der Waals surface area contributed by atoms with Crippen LogP contribution in [0.5, 0.6) is 0 Å². The average molecular weight is 459 g/mol. The van der Waals surface area contributed by atoms with Crippen LogP contribution in [-0.4, -0.2) is 41.2 Å². The van der Waals surface area contributed by atoms with Crippen LogP contribution in [0.1, 0.15) is 21.5 Å². The van der Waals surface area contributed by atoms with Gasteiger partial charge in [0.2, 0.25) is 5.91 Å². The lowest BCUT2D eigenvalue weighted by Gasteiger charge is -2.34. The summed E-state index contributed by atoms with van der Waals surface area (Å²) in [6.45, 7) is 0.693. The summed E-state index contributed by atoms with van der Waals surface area (Å²) < 4.78 is 26.9. The molecule has 2 aliphatic heterocycles. The Morgan fingerprint density at radius 3 is 2.38 bits per heavy atom. The van der Waals surface area contributed by atoms with E-state index >= 15 is 0 Å². The quantitative estimate of drug-likeness (QED) is 0.570. The fourth-order valence-corrected chi connectivity index (χ4v) is 4.43. The third kappa shape index (κ3) is 4.41. The number of rotatable bonds is 4. The molecule has 172 valence electrons. The van der Waals surface area contributed by atoms with Crippen LogP contribution < -0.4 is 4.90 Å². The van der Waals surface area contributed by atoms with Gasteiger partial charge >= 0.3 is 0 Å². The lowest BCUT2D eigenvalue weighted by molar-refractivity contribution is -0.135. The van der Waals surface area contributed by atoms with Crippen molar-refractivity contribution in [3.63, 3.8) is 0 Å². The second-order valence-electron chi connectivity index (χ2n) is 8.45. The maximum absolute atomic E-state index is 13.5. The van der Waals surface area contributed by atoms with Crippen LogP contribution >= 0.6 is 0 Å². The Bertz CT molecular complexity index is 1250. The van der Waals surface area contributed by atoms with Gasteiger partial charge in [0.15, 0.2) is 0 Å². The first kappa shape index (κ1) is 21.8. The molecule has 0 spiro atoms. The fourth-order valence-electron chi connectivity index (χ4n) is 4.43. The molecule has 0 atom stereocenters. The normalized spacial score (nSPS) is 15.5. The van der Waals surface area contributed by atoms with Gasteiger partial charge in [-0.15, -0.1) is 0 Å². The zero-order valence-electron chi connectivity index (χ0n) is 18.5. The third-order valence-electron chi connectivity index (χ3n) is 6.14. The van der Waals surface area contributed by atoms with Crippen molar-refractivity contribution in [1.29, 1.82) is 0 Å². The molecule has 3 aromatic rings. The van der Waals surface area contributed by atoms with E-state index in [1.807, 2.05) is 30.5 Å². The standard InChI is InChI=1S/C27H23F2N3O2/c28-22-14-19(15-23(29)16-22)17-30-12-13-31(18-26(30)33)27(34)21-7-9-24(10-8-21)32-11-3-5-20-4-1-2-6-25(20)32/h1-4,6-11,14-16H,5,12-13,17-18H2. The van der Waals surface area contributed by atoms with Crippen molar-refractivity contribution in [2.45, 2.75) is 13.0 Å². The first-order chi connectivity index (χ1) is 16.5. The van der Waals surface area contributed by atoms with Gasteiger partial charge in [-0.05, 0) is 60.0 Å². The maximum Gasteiger partial charge on any atom is 0.254 e. The predicted molar refractivity (Wildman–Crippen MR) is 126 cm³/mol. The van der Waals surface area contributed by atoms with Crippen LogP contribution in [0, 0.1) is 11.6 Å². The van der Waals surface area contributed by atoms with Crippen molar-refractivity contribution < 1.29 is 18.4 Å². The van der Waals surface area contributed by atoms with Gasteiger partial charge in [-0.2, -0.15) is 0 Å². The molecule has 5 nitrogen and oxygen atoms in total. The second-order valence-corrected chi connectivity index (χ2v) is 8.45. The van der Waals surface area contributed by atoms with Crippen molar-refractivity contribution in [1.82, 2.24) is 9.80 Å². The van der Waals surface area contributed by atoms with Gasteiger partial charge in [-0.1, -0.05) is 24.3 Å². The summed E-state index contributed by atoms with van der Waals surface area (Å²) >= 11 is 0. The van der Waals surface area contributed by atoms with E-state index in [0.717, 1.165) is 23.9 Å². The van der Waals surface area contributed by atoms with Gasteiger partial charge < -0.3 is 14.7 Å². The molecule has 0 radical (unpaired) electrons. The second kappa shape index (κ2) is 9.09.